The number of imidazole rings is 1. The molecule has 2 amide bonds. The number of aromatic amines is 1. The number of H-pyrrole nitrogens is 1. The Labute approximate surface area is 81.1 Å². The Morgan fingerprint density at radius 3 is 2.71 bits per heavy atom. The van der Waals surface area contributed by atoms with Gasteiger partial charge < -0.3 is 15.6 Å². The molecule has 0 atom stereocenters. The summed E-state index contributed by atoms with van der Waals surface area (Å²) >= 11 is 0. The Morgan fingerprint density at radius 1 is 1.43 bits per heavy atom. The first-order valence-electron chi connectivity index (χ1n) is 4.21. The molecule has 0 aliphatic carbocycles. The van der Waals surface area contributed by atoms with Crippen molar-refractivity contribution in [2.75, 3.05) is 13.1 Å². The van der Waals surface area contributed by atoms with Crippen molar-refractivity contribution >= 4 is 11.8 Å². The second-order valence-corrected chi connectivity index (χ2v) is 2.70. The van der Waals surface area contributed by atoms with Gasteiger partial charge in [-0.2, -0.15) is 0 Å². The fourth-order valence-corrected chi connectivity index (χ4v) is 0.890. The van der Waals surface area contributed by atoms with Crippen LogP contribution in [0, 0.1) is 0 Å². The van der Waals surface area contributed by atoms with E-state index in [1.54, 1.807) is 0 Å². The third-order valence-corrected chi connectivity index (χ3v) is 1.53. The smallest absolute Gasteiger partial charge is 0.269 e. The number of aromatic nitrogens is 2. The number of carbonyl (C=O) groups excluding carboxylic acids is 2. The minimum Gasteiger partial charge on any atom is -0.355 e. The highest BCUT2D eigenvalue weighted by Gasteiger charge is 2.04. The third kappa shape index (κ3) is 3.26. The zero-order valence-electron chi connectivity index (χ0n) is 7.83. The second kappa shape index (κ2) is 5.00. The van der Waals surface area contributed by atoms with E-state index in [1.165, 1.54) is 19.4 Å². The van der Waals surface area contributed by atoms with Crippen LogP contribution in [0.1, 0.15) is 17.4 Å². The van der Waals surface area contributed by atoms with E-state index in [4.69, 9.17) is 0 Å². The molecule has 6 heteroatoms. The van der Waals surface area contributed by atoms with Crippen LogP contribution < -0.4 is 10.6 Å². The highest BCUT2D eigenvalue weighted by molar-refractivity contribution is 5.91. The lowest BCUT2D eigenvalue weighted by Crippen LogP contribution is -2.33. The predicted octanol–water partition coefficient (Wildman–Crippen LogP) is -0.724. The Hall–Kier alpha value is -1.85. The maximum atomic E-state index is 11.3. The molecule has 1 rings (SSSR count). The van der Waals surface area contributed by atoms with Gasteiger partial charge in [-0.3, -0.25) is 9.59 Å². The van der Waals surface area contributed by atoms with Gasteiger partial charge in [0, 0.05) is 20.0 Å². The summed E-state index contributed by atoms with van der Waals surface area (Å²) < 4.78 is 0. The molecule has 0 fully saturated rings. The van der Waals surface area contributed by atoms with Gasteiger partial charge in [0.1, 0.15) is 5.69 Å². The van der Waals surface area contributed by atoms with Crippen molar-refractivity contribution in [3.05, 3.63) is 18.2 Å². The van der Waals surface area contributed by atoms with Crippen LogP contribution in [0.5, 0.6) is 0 Å². The largest absolute Gasteiger partial charge is 0.355 e. The van der Waals surface area contributed by atoms with Crippen molar-refractivity contribution in [1.29, 1.82) is 0 Å². The fraction of sp³-hybridized carbons (Fsp3) is 0.375. The normalized spacial score (nSPS) is 9.50. The molecule has 3 N–H and O–H groups in total. The molecular weight excluding hydrogens is 184 g/mol. The maximum absolute atomic E-state index is 11.3. The summed E-state index contributed by atoms with van der Waals surface area (Å²) in [6, 6.07) is 0. The molecule has 0 aliphatic rings. The summed E-state index contributed by atoms with van der Waals surface area (Å²) in [5, 5.41) is 5.18. The third-order valence-electron chi connectivity index (χ3n) is 1.53. The van der Waals surface area contributed by atoms with E-state index in [0.717, 1.165) is 0 Å². The van der Waals surface area contributed by atoms with Crippen LogP contribution in [0.4, 0.5) is 0 Å². The van der Waals surface area contributed by atoms with Crippen LogP contribution in [-0.4, -0.2) is 34.9 Å². The number of nitrogens with one attached hydrogen (secondary N) is 3. The van der Waals surface area contributed by atoms with Gasteiger partial charge in [0.15, 0.2) is 0 Å². The Morgan fingerprint density at radius 2 is 2.14 bits per heavy atom. The summed E-state index contributed by atoms with van der Waals surface area (Å²) in [5.41, 5.74) is 0.410. The van der Waals surface area contributed by atoms with Crippen LogP contribution in [0.2, 0.25) is 0 Å². The standard InChI is InChI=1S/C8H12N4O2/c1-6(13)10-2-3-11-8(14)7-4-9-5-12-7/h4-5H,2-3H2,1H3,(H,9,12)(H,10,13)(H,11,14). The molecule has 76 valence electrons. The summed E-state index contributed by atoms with van der Waals surface area (Å²) in [6.45, 7) is 2.25. The summed E-state index contributed by atoms with van der Waals surface area (Å²) in [6.07, 6.45) is 2.87. The summed E-state index contributed by atoms with van der Waals surface area (Å²) in [7, 11) is 0. The number of carbonyl (C=O) groups is 2. The molecule has 1 aromatic heterocycles. The molecular formula is C8H12N4O2. The van der Waals surface area contributed by atoms with E-state index < -0.39 is 0 Å². The van der Waals surface area contributed by atoms with Crippen molar-refractivity contribution in [2.24, 2.45) is 0 Å². The number of hydrogen-bond donors (Lipinski definition) is 3. The molecule has 0 saturated carbocycles. The van der Waals surface area contributed by atoms with Gasteiger partial charge in [-0.25, -0.2) is 4.98 Å². The number of rotatable bonds is 4. The second-order valence-electron chi connectivity index (χ2n) is 2.70. The lowest BCUT2D eigenvalue weighted by Gasteiger charge is -2.03. The highest BCUT2D eigenvalue weighted by atomic mass is 16.2. The topological polar surface area (TPSA) is 86.9 Å². The molecule has 0 aromatic carbocycles. The lowest BCUT2D eigenvalue weighted by atomic mass is 10.4. The molecule has 0 radical (unpaired) electrons. The molecule has 14 heavy (non-hydrogen) atoms. The molecule has 1 aromatic rings. The monoisotopic (exact) mass is 196 g/mol. The van der Waals surface area contributed by atoms with E-state index in [0.29, 0.717) is 18.8 Å². The zero-order chi connectivity index (χ0) is 10.4. The Kier molecular flexibility index (Phi) is 3.66. The highest BCUT2D eigenvalue weighted by Crippen LogP contribution is 1.88. The van der Waals surface area contributed by atoms with Gasteiger partial charge in [0.2, 0.25) is 5.91 Å². The van der Waals surface area contributed by atoms with Crippen LogP contribution >= 0.6 is 0 Å². The van der Waals surface area contributed by atoms with E-state index in [1.807, 2.05) is 0 Å². The molecule has 0 saturated heterocycles. The van der Waals surface area contributed by atoms with Gasteiger partial charge in [0.05, 0.1) is 12.5 Å². The van der Waals surface area contributed by atoms with E-state index >= 15 is 0 Å². The molecule has 0 spiro atoms. The van der Waals surface area contributed by atoms with Crippen molar-refractivity contribution in [3.63, 3.8) is 0 Å². The molecule has 6 nitrogen and oxygen atoms in total. The number of amides is 2. The van der Waals surface area contributed by atoms with E-state index in [9.17, 15) is 9.59 Å². The Bertz CT molecular complexity index is 307. The van der Waals surface area contributed by atoms with Gasteiger partial charge in [0.25, 0.3) is 5.91 Å². The Balaban J connectivity index is 2.19. The number of nitrogens with zero attached hydrogens (tertiary/aromatic N) is 1. The maximum Gasteiger partial charge on any atom is 0.269 e. The number of hydrogen-bond acceptors (Lipinski definition) is 3. The average Bonchev–Trinajstić information content (AvgIpc) is 2.64. The van der Waals surface area contributed by atoms with Gasteiger partial charge in [-0.1, -0.05) is 0 Å². The van der Waals surface area contributed by atoms with Crippen molar-refractivity contribution < 1.29 is 9.59 Å². The van der Waals surface area contributed by atoms with E-state index in [-0.39, 0.29) is 11.8 Å². The van der Waals surface area contributed by atoms with Crippen molar-refractivity contribution in [3.8, 4) is 0 Å². The quantitative estimate of drug-likeness (QED) is 0.555. The predicted molar refractivity (Wildman–Crippen MR) is 49.6 cm³/mol. The molecule has 1 heterocycles. The van der Waals surface area contributed by atoms with Gasteiger partial charge >= 0.3 is 0 Å². The summed E-state index contributed by atoms with van der Waals surface area (Å²) in [4.78, 5) is 28.1. The van der Waals surface area contributed by atoms with Crippen LogP contribution in [-0.2, 0) is 4.79 Å². The average molecular weight is 196 g/mol. The van der Waals surface area contributed by atoms with E-state index in [2.05, 4.69) is 20.6 Å². The first-order chi connectivity index (χ1) is 6.70. The minimum atomic E-state index is -0.229. The summed E-state index contributed by atoms with van der Waals surface area (Å²) in [5.74, 6) is -0.339. The van der Waals surface area contributed by atoms with Crippen LogP contribution in [0.15, 0.2) is 12.5 Å². The first-order valence-corrected chi connectivity index (χ1v) is 4.21. The lowest BCUT2D eigenvalue weighted by molar-refractivity contribution is -0.118. The molecule has 0 bridgehead atoms. The fourth-order valence-electron chi connectivity index (χ4n) is 0.890. The SMILES string of the molecule is CC(=O)NCCNC(=O)c1cnc[nH]1. The van der Waals surface area contributed by atoms with Crippen LogP contribution in [0.3, 0.4) is 0 Å². The van der Waals surface area contributed by atoms with Crippen molar-refractivity contribution in [2.45, 2.75) is 6.92 Å². The van der Waals surface area contributed by atoms with Crippen LogP contribution in [0.25, 0.3) is 0 Å². The molecule has 0 unspecified atom stereocenters. The minimum absolute atomic E-state index is 0.110. The van der Waals surface area contributed by atoms with Gasteiger partial charge in [-0.15, -0.1) is 0 Å². The zero-order valence-corrected chi connectivity index (χ0v) is 7.83. The molecule has 0 aliphatic heterocycles. The first kappa shape index (κ1) is 10.2. The van der Waals surface area contributed by atoms with Gasteiger partial charge in [-0.05, 0) is 0 Å². The van der Waals surface area contributed by atoms with Crippen molar-refractivity contribution in [1.82, 2.24) is 20.6 Å².